The number of nitrogens with zero attached hydrogens (tertiary/aromatic N) is 1. The fourth-order valence-electron chi connectivity index (χ4n) is 2.14. The maximum absolute atomic E-state index is 10.7. The van der Waals surface area contributed by atoms with Crippen molar-refractivity contribution in [1.82, 2.24) is 0 Å². The minimum absolute atomic E-state index is 0.0531. The Hall–Kier alpha value is -0.550. The lowest BCUT2D eigenvalue weighted by Crippen LogP contribution is -2.18. The van der Waals surface area contributed by atoms with Crippen LogP contribution in [0.2, 0.25) is 0 Å². The maximum Gasteiger partial charge on any atom is 0.307 e. The summed E-state index contributed by atoms with van der Waals surface area (Å²) >= 11 is 7.07. The van der Waals surface area contributed by atoms with E-state index in [-0.39, 0.29) is 6.42 Å². The molecule has 0 amide bonds. The molecular formula is C12H13Br2NO2. The predicted molar refractivity (Wildman–Crippen MR) is 74.6 cm³/mol. The first kappa shape index (κ1) is 12.9. The molecule has 0 saturated carbocycles. The Balaban J connectivity index is 2.31. The first-order valence-electron chi connectivity index (χ1n) is 5.52. The first-order valence-corrected chi connectivity index (χ1v) is 7.11. The number of carboxylic acids is 1. The van der Waals surface area contributed by atoms with Gasteiger partial charge in [0.15, 0.2) is 0 Å². The van der Waals surface area contributed by atoms with Crippen LogP contribution in [-0.2, 0) is 11.2 Å². The summed E-state index contributed by atoms with van der Waals surface area (Å²) in [6.07, 6.45) is 2.49. The van der Waals surface area contributed by atoms with E-state index >= 15 is 0 Å². The normalized spacial score (nSPS) is 15.3. The van der Waals surface area contributed by atoms with Crippen molar-refractivity contribution in [3.63, 3.8) is 0 Å². The Morgan fingerprint density at radius 3 is 2.24 bits per heavy atom. The quantitative estimate of drug-likeness (QED) is 0.895. The van der Waals surface area contributed by atoms with Gasteiger partial charge >= 0.3 is 5.97 Å². The minimum atomic E-state index is -0.808. The summed E-state index contributed by atoms with van der Waals surface area (Å²) in [5.74, 6) is -0.808. The molecule has 1 fully saturated rings. The highest BCUT2D eigenvalue weighted by Crippen LogP contribution is 2.37. The van der Waals surface area contributed by atoms with Gasteiger partial charge in [-0.05, 0) is 62.4 Å². The van der Waals surface area contributed by atoms with Gasteiger partial charge in [-0.2, -0.15) is 0 Å². The molecule has 1 N–H and O–H groups in total. The van der Waals surface area contributed by atoms with Crippen molar-refractivity contribution < 1.29 is 9.90 Å². The van der Waals surface area contributed by atoms with E-state index in [0.717, 1.165) is 33.3 Å². The summed E-state index contributed by atoms with van der Waals surface area (Å²) in [4.78, 5) is 13.0. The van der Waals surface area contributed by atoms with Crippen LogP contribution in [0.25, 0.3) is 0 Å². The third-order valence-corrected chi connectivity index (χ3v) is 4.06. The van der Waals surface area contributed by atoms with Crippen molar-refractivity contribution >= 4 is 43.5 Å². The number of carboxylic acid groups (broad SMARTS) is 1. The van der Waals surface area contributed by atoms with Gasteiger partial charge in [0.1, 0.15) is 0 Å². The highest BCUT2D eigenvalue weighted by Gasteiger charge is 2.18. The number of hydrogen-bond acceptors (Lipinski definition) is 2. The van der Waals surface area contributed by atoms with Crippen molar-refractivity contribution in [3.8, 4) is 0 Å². The van der Waals surface area contributed by atoms with Crippen LogP contribution in [0.3, 0.4) is 0 Å². The average Bonchev–Trinajstić information content (AvgIpc) is 2.68. The van der Waals surface area contributed by atoms with Gasteiger partial charge in [-0.15, -0.1) is 0 Å². The zero-order valence-corrected chi connectivity index (χ0v) is 12.4. The van der Waals surface area contributed by atoms with Crippen LogP contribution in [0.4, 0.5) is 5.69 Å². The molecule has 17 heavy (non-hydrogen) atoms. The zero-order valence-electron chi connectivity index (χ0n) is 9.25. The Kier molecular flexibility index (Phi) is 4.09. The molecule has 1 aliphatic rings. The average molecular weight is 363 g/mol. The molecule has 0 atom stereocenters. The van der Waals surface area contributed by atoms with Gasteiger partial charge in [-0.3, -0.25) is 4.79 Å². The molecule has 0 bridgehead atoms. The third-order valence-electron chi connectivity index (χ3n) is 2.85. The predicted octanol–water partition coefficient (Wildman–Crippen LogP) is 3.44. The number of benzene rings is 1. The lowest BCUT2D eigenvalue weighted by Gasteiger charge is -2.21. The van der Waals surface area contributed by atoms with Gasteiger partial charge in [0, 0.05) is 22.0 Å². The van der Waals surface area contributed by atoms with E-state index in [1.807, 2.05) is 12.1 Å². The van der Waals surface area contributed by atoms with Crippen LogP contribution in [0.1, 0.15) is 18.4 Å². The van der Waals surface area contributed by atoms with Crippen LogP contribution in [0.15, 0.2) is 21.1 Å². The molecule has 1 aromatic carbocycles. The maximum atomic E-state index is 10.7. The number of anilines is 1. The number of hydrogen-bond donors (Lipinski definition) is 1. The molecule has 1 saturated heterocycles. The van der Waals surface area contributed by atoms with Crippen molar-refractivity contribution in [2.75, 3.05) is 18.0 Å². The van der Waals surface area contributed by atoms with Gasteiger partial charge in [-0.1, -0.05) is 0 Å². The second-order valence-corrected chi connectivity index (χ2v) is 5.88. The van der Waals surface area contributed by atoms with Gasteiger partial charge < -0.3 is 10.0 Å². The van der Waals surface area contributed by atoms with Crippen molar-refractivity contribution in [2.45, 2.75) is 19.3 Å². The second kappa shape index (κ2) is 5.40. The fourth-order valence-corrected chi connectivity index (χ4v) is 3.92. The lowest BCUT2D eigenvalue weighted by atomic mass is 10.1. The van der Waals surface area contributed by atoms with Crippen LogP contribution >= 0.6 is 31.9 Å². The molecule has 1 aliphatic heterocycles. The number of aliphatic carboxylic acids is 1. The Bertz CT molecular complexity index is 419. The standard InChI is InChI=1S/C12H13Br2NO2/c13-9-5-8(7-11(16)17)6-10(14)12(9)15-3-1-2-4-15/h5-6H,1-4,7H2,(H,16,17). The van der Waals surface area contributed by atoms with E-state index in [0.29, 0.717) is 0 Å². The molecule has 0 radical (unpaired) electrons. The summed E-state index contributed by atoms with van der Waals surface area (Å²) in [7, 11) is 0. The summed E-state index contributed by atoms with van der Waals surface area (Å²) < 4.78 is 1.93. The molecule has 0 aromatic heterocycles. The van der Waals surface area contributed by atoms with E-state index in [1.54, 1.807) is 0 Å². The summed E-state index contributed by atoms with van der Waals surface area (Å²) in [6.45, 7) is 2.13. The topological polar surface area (TPSA) is 40.5 Å². The largest absolute Gasteiger partial charge is 0.481 e. The van der Waals surface area contributed by atoms with Crippen molar-refractivity contribution in [1.29, 1.82) is 0 Å². The van der Waals surface area contributed by atoms with E-state index in [9.17, 15) is 4.79 Å². The Labute approximate surface area is 117 Å². The summed E-state index contributed by atoms with van der Waals surface area (Å²) in [6, 6.07) is 3.79. The third kappa shape index (κ3) is 3.01. The van der Waals surface area contributed by atoms with Crippen LogP contribution < -0.4 is 4.90 Å². The number of rotatable bonds is 3. The van der Waals surface area contributed by atoms with Crippen LogP contribution in [0, 0.1) is 0 Å². The van der Waals surface area contributed by atoms with Crippen LogP contribution in [-0.4, -0.2) is 24.2 Å². The summed E-state index contributed by atoms with van der Waals surface area (Å²) in [5, 5.41) is 8.79. The van der Waals surface area contributed by atoms with Crippen LogP contribution in [0.5, 0.6) is 0 Å². The van der Waals surface area contributed by atoms with Crippen molar-refractivity contribution in [3.05, 3.63) is 26.6 Å². The highest BCUT2D eigenvalue weighted by molar-refractivity contribution is 9.11. The zero-order chi connectivity index (χ0) is 12.4. The van der Waals surface area contributed by atoms with Gasteiger partial charge in [-0.25, -0.2) is 0 Å². The van der Waals surface area contributed by atoms with Gasteiger partial charge in [0.25, 0.3) is 0 Å². The monoisotopic (exact) mass is 361 g/mol. The molecule has 2 rings (SSSR count). The fraction of sp³-hybridized carbons (Fsp3) is 0.417. The molecule has 0 spiro atoms. The molecule has 5 heteroatoms. The molecule has 3 nitrogen and oxygen atoms in total. The first-order chi connectivity index (χ1) is 8.08. The molecular weight excluding hydrogens is 350 g/mol. The van der Waals surface area contributed by atoms with Crippen molar-refractivity contribution in [2.24, 2.45) is 0 Å². The SMILES string of the molecule is O=C(O)Cc1cc(Br)c(N2CCCC2)c(Br)c1. The highest BCUT2D eigenvalue weighted by atomic mass is 79.9. The minimum Gasteiger partial charge on any atom is -0.481 e. The Morgan fingerprint density at radius 1 is 1.24 bits per heavy atom. The van der Waals surface area contributed by atoms with E-state index in [1.165, 1.54) is 12.8 Å². The van der Waals surface area contributed by atoms with Gasteiger partial charge in [0.05, 0.1) is 12.1 Å². The van der Waals surface area contributed by atoms with Gasteiger partial charge in [0.2, 0.25) is 0 Å². The molecule has 0 aliphatic carbocycles. The van der Waals surface area contributed by atoms with E-state index in [4.69, 9.17) is 5.11 Å². The molecule has 1 heterocycles. The van der Waals surface area contributed by atoms with E-state index in [2.05, 4.69) is 36.8 Å². The number of carbonyl (C=O) groups is 1. The summed E-state index contributed by atoms with van der Waals surface area (Å²) in [5.41, 5.74) is 1.94. The Morgan fingerprint density at radius 2 is 1.76 bits per heavy atom. The second-order valence-electron chi connectivity index (χ2n) is 4.17. The molecule has 1 aromatic rings. The number of halogens is 2. The smallest absolute Gasteiger partial charge is 0.307 e. The molecule has 92 valence electrons. The van der Waals surface area contributed by atoms with E-state index < -0.39 is 5.97 Å². The lowest BCUT2D eigenvalue weighted by molar-refractivity contribution is -0.136. The molecule has 0 unspecified atom stereocenters.